The summed E-state index contributed by atoms with van der Waals surface area (Å²) in [6.45, 7) is 6.99. The van der Waals surface area contributed by atoms with Crippen LogP contribution in [0.1, 0.15) is 13.8 Å². The fraction of sp³-hybridized carbons (Fsp3) is 1.00. The van der Waals surface area contributed by atoms with E-state index in [0.717, 1.165) is 25.9 Å². The standard InChI is InChI=1S/C10H25NO3Si/c1-5-13-10(14-6-2)15-8-7-12-9-11(3)4/h10H,5-9,15H2,1-4H3. The van der Waals surface area contributed by atoms with E-state index in [1.54, 1.807) is 0 Å². The fourth-order valence-corrected chi connectivity index (χ4v) is 2.69. The summed E-state index contributed by atoms with van der Waals surface area (Å²) in [5.74, 6) is 0.0722. The molecule has 0 N–H and O–H groups in total. The molecule has 0 amide bonds. The molecule has 0 unspecified atom stereocenters. The third kappa shape index (κ3) is 10.3. The SMILES string of the molecule is CCOC(OCC)[SiH2]CCOCN(C)C. The first-order valence-electron chi connectivity index (χ1n) is 5.66. The van der Waals surface area contributed by atoms with Crippen LogP contribution >= 0.6 is 0 Å². The third-order valence-electron chi connectivity index (χ3n) is 1.78. The van der Waals surface area contributed by atoms with Crippen molar-refractivity contribution < 1.29 is 14.2 Å². The number of hydrogen-bond acceptors (Lipinski definition) is 4. The van der Waals surface area contributed by atoms with Crippen molar-refractivity contribution in [1.29, 1.82) is 0 Å². The van der Waals surface area contributed by atoms with Crippen LogP contribution < -0.4 is 0 Å². The van der Waals surface area contributed by atoms with Gasteiger partial charge < -0.3 is 14.2 Å². The minimum atomic E-state index is -0.330. The van der Waals surface area contributed by atoms with Crippen LogP contribution in [0.25, 0.3) is 0 Å². The second-order valence-corrected chi connectivity index (χ2v) is 5.55. The van der Waals surface area contributed by atoms with Crippen LogP contribution in [0.2, 0.25) is 6.04 Å². The molecule has 0 aliphatic carbocycles. The van der Waals surface area contributed by atoms with Gasteiger partial charge in [-0.25, -0.2) is 0 Å². The fourth-order valence-electron chi connectivity index (χ4n) is 1.19. The van der Waals surface area contributed by atoms with Crippen molar-refractivity contribution in [2.75, 3.05) is 40.6 Å². The molecule has 0 heterocycles. The van der Waals surface area contributed by atoms with Crippen molar-refractivity contribution in [3.05, 3.63) is 0 Å². The van der Waals surface area contributed by atoms with Gasteiger partial charge in [-0.15, -0.1) is 0 Å². The normalized spacial score (nSPS) is 12.4. The highest BCUT2D eigenvalue weighted by Crippen LogP contribution is 1.96. The van der Waals surface area contributed by atoms with Crippen molar-refractivity contribution >= 4 is 9.52 Å². The molecular weight excluding hydrogens is 210 g/mol. The molecule has 0 aromatic carbocycles. The zero-order valence-corrected chi connectivity index (χ0v) is 11.9. The summed E-state index contributed by atoms with van der Waals surface area (Å²) in [6.07, 6.45) is 0. The van der Waals surface area contributed by atoms with E-state index in [1.165, 1.54) is 0 Å². The van der Waals surface area contributed by atoms with Gasteiger partial charge >= 0.3 is 0 Å². The Balaban J connectivity index is 3.36. The van der Waals surface area contributed by atoms with Crippen LogP contribution in [0.4, 0.5) is 0 Å². The molecule has 5 heteroatoms. The molecule has 0 fully saturated rings. The average Bonchev–Trinajstić information content (AvgIpc) is 2.17. The van der Waals surface area contributed by atoms with Crippen LogP contribution in [0, 0.1) is 0 Å². The molecule has 0 atom stereocenters. The molecule has 0 aromatic heterocycles. The van der Waals surface area contributed by atoms with Gasteiger partial charge in [-0.3, -0.25) is 4.90 Å². The lowest BCUT2D eigenvalue weighted by Gasteiger charge is -2.16. The Morgan fingerprint density at radius 3 is 2.20 bits per heavy atom. The molecule has 92 valence electrons. The number of hydrogen-bond donors (Lipinski definition) is 0. The van der Waals surface area contributed by atoms with Crippen molar-refractivity contribution in [3.8, 4) is 0 Å². The molecular formula is C10H25NO3Si. The van der Waals surface area contributed by atoms with Crippen LogP contribution in [-0.4, -0.2) is 61.0 Å². The predicted molar refractivity (Wildman–Crippen MR) is 64.9 cm³/mol. The molecule has 0 saturated carbocycles. The second kappa shape index (κ2) is 10.6. The number of ether oxygens (including phenoxy) is 3. The maximum Gasteiger partial charge on any atom is 0.134 e. The molecule has 0 aliphatic heterocycles. The lowest BCUT2D eigenvalue weighted by atomic mass is 10.8. The Morgan fingerprint density at radius 2 is 1.73 bits per heavy atom. The Morgan fingerprint density at radius 1 is 1.13 bits per heavy atom. The van der Waals surface area contributed by atoms with Gasteiger partial charge in [0.15, 0.2) is 0 Å². The minimum Gasteiger partial charge on any atom is -0.366 e. The molecule has 15 heavy (non-hydrogen) atoms. The first-order chi connectivity index (χ1) is 7.20. The van der Waals surface area contributed by atoms with Crippen molar-refractivity contribution in [2.45, 2.75) is 25.8 Å². The van der Waals surface area contributed by atoms with E-state index in [4.69, 9.17) is 14.2 Å². The number of rotatable bonds is 10. The smallest absolute Gasteiger partial charge is 0.134 e. The highest BCUT2D eigenvalue weighted by atomic mass is 28.2. The summed E-state index contributed by atoms with van der Waals surface area (Å²) in [7, 11) is 3.67. The molecule has 0 radical (unpaired) electrons. The predicted octanol–water partition coefficient (Wildman–Crippen LogP) is 0.466. The van der Waals surface area contributed by atoms with Crippen LogP contribution in [-0.2, 0) is 14.2 Å². The van der Waals surface area contributed by atoms with Crippen molar-refractivity contribution in [2.24, 2.45) is 0 Å². The molecule has 0 bridgehead atoms. The van der Waals surface area contributed by atoms with Gasteiger partial charge in [-0.2, -0.15) is 0 Å². The Labute approximate surface area is 95.7 Å². The molecule has 4 nitrogen and oxygen atoms in total. The van der Waals surface area contributed by atoms with E-state index in [-0.39, 0.29) is 15.4 Å². The zero-order valence-electron chi connectivity index (χ0n) is 10.5. The molecule has 0 aliphatic rings. The Kier molecular flexibility index (Phi) is 10.6. The van der Waals surface area contributed by atoms with E-state index >= 15 is 0 Å². The van der Waals surface area contributed by atoms with E-state index < -0.39 is 0 Å². The van der Waals surface area contributed by atoms with E-state index in [1.807, 2.05) is 32.8 Å². The molecule has 0 spiro atoms. The molecule has 0 saturated heterocycles. The summed E-state index contributed by atoms with van der Waals surface area (Å²) in [6, 6.07) is 1.11. The zero-order chi connectivity index (χ0) is 11.5. The van der Waals surface area contributed by atoms with Gasteiger partial charge in [0.25, 0.3) is 0 Å². The van der Waals surface area contributed by atoms with Crippen LogP contribution in [0.15, 0.2) is 0 Å². The lowest BCUT2D eigenvalue weighted by Crippen LogP contribution is -2.26. The lowest BCUT2D eigenvalue weighted by molar-refractivity contribution is -0.0831. The van der Waals surface area contributed by atoms with E-state index in [2.05, 4.69) is 0 Å². The van der Waals surface area contributed by atoms with Gasteiger partial charge in [0.1, 0.15) is 5.91 Å². The van der Waals surface area contributed by atoms with Crippen LogP contribution in [0.5, 0.6) is 0 Å². The highest BCUT2D eigenvalue weighted by molar-refractivity contribution is 6.36. The van der Waals surface area contributed by atoms with Gasteiger partial charge in [0, 0.05) is 19.8 Å². The Bertz CT molecular complexity index is 130. The van der Waals surface area contributed by atoms with Crippen molar-refractivity contribution in [1.82, 2.24) is 4.90 Å². The molecule has 0 rings (SSSR count). The molecule has 0 aromatic rings. The van der Waals surface area contributed by atoms with Gasteiger partial charge in [-0.1, -0.05) is 0 Å². The second-order valence-electron chi connectivity index (χ2n) is 3.60. The first kappa shape index (κ1) is 15.1. The summed E-state index contributed by atoms with van der Waals surface area (Å²) < 4.78 is 16.4. The summed E-state index contributed by atoms with van der Waals surface area (Å²) in [5.41, 5.74) is 0. The summed E-state index contributed by atoms with van der Waals surface area (Å²) >= 11 is 0. The van der Waals surface area contributed by atoms with E-state index in [9.17, 15) is 0 Å². The van der Waals surface area contributed by atoms with E-state index in [0.29, 0.717) is 6.73 Å². The largest absolute Gasteiger partial charge is 0.366 e. The van der Waals surface area contributed by atoms with Gasteiger partial charge in [-0.05, 0) is 34.0 Å². The topological polar surface area (TPSA) is 30.9 Å². The third-order valence-corrected chi connectivity index (χ3v) is 3.42. The first-order valence-corrected chi connectivity index (χ1v) is 7.48. The van der Waals surface area contributed by atoms with Crippen LogP contribution in [0.3, 0.4) is 0 Å². The van der Waals surface area contributed by atoms with Gasteiger partial charge in [0.05, 0.1) is 16.3 Å². The average molecular weight is 235 g/mol. The van der Waals surface area contributed by atoms with Gasteiger partial charge in [0.2, 0.25) is 0 Å². The highest BCUT2D eigenvalue weighted by Gasteiger charge is 2.07. The maximum atomic E-state index is 5.48. The Hall–Kier alpha value is 0.0569. The maximum absolute atomic E-state index is 5.48. The summed E-state index contributed by atoms with van der Waals surface area (Å²) in [5, 5.41) is 0. The monoisotopic (exact) mass is 235 g/mol. The quantitative estimate of drug-likeness (QED) is 0.313. The number of nitrogens with zero attached hydrogens (tertiary/aromatic N) is 1. The minimum absolute atomic E-state index is 0.0722. The van der Waals surface area contributed by atoms with Crippen molar-refractivity contribution in [3.63, 3.8) is 0 Å². The summed E-state index contributed by atoms with van der Waals surface area (Å²) in [4.78, 5) is 2.02.